The Kier molecular flexibility index (Phi) is 6.08. The number of amides is 1. The summed E-state index contributed by atoms with van der Waals surface area (Å²) in [4.78, 5) is 14.8. The smallest absolute Gasteiger partial charge is 0.254 e. The van der Waals surface area contributed by atoms with Gasteiger partial charge in [0.05, 0.1) is 0 Å². The molecule has 2 rings (SSSR count). The van der Waals surface area contributed by atoms with Crippen LogP contribution in [0.2, 0.25) is 5.02 Å². The molecule has 1 saturated carbocycles. The van der Waals surface area contributed by atoms with Crippen molar-refractivity contribution >= 4 is 33.4 Å². The van der Waals surface area contributed by atoms with Gasteiger partial charge in [-0.25, -0.2) is 0 Å². The third-order valence-corrected chi connectivity index (χ3v) is 4.96. The fourth-order valence-electron chi connectivity index (χ4n) is 3.25. The van der Waals surface area contributed by atoms with Crippen molar-refractivity contribution in [3.8, 4) is 0 Å². The van der Waals surface area contributed by atoms with Gasteiger partial charge in [-0.2, -0.15) is 0 Å². The summed E-state index contributed by atoms with van der Waals surface area (Å²) < 4.78 is 0.827. The van der Waals surface area contributed by atoms with Gasteiger partial charge in [-0.15, -0.1) is 0 Å². The Morgan fingerprint density at radius 3 is 2.71 bits per heavy atom. The van der Waals surface area contributed by atoms with E-state index < -0.39 is 0 Å². The van der Waals surface area contributed by atoms with Crippen LogP contribution in [0.5, 0.6) is 0 Å². The standard InChI is InChI=1S/C16H22BrClN2O/c1-2-20(15-6-4-3-5-11(15)10-19)16(21)12-7-13(17)9-14(18)8-12/h7-9,11,15H,2-6,10,19H2,1H3. The van der Waals surface area contributed by atoms with Gasteiger partial charge >= 0.3 is 0 Å². The first-order valence-corrected chi connectivity index (χ1v) is 8.71. The highest BCUT2D eigenvalue weighted by molar-refractivity contribution is 9.10. The molecule has 2 unspecified atom stereocenters. The second kappa shape index (κ2) is 7.61. The van der Waals surface area contributed by atoms with Gasteiger partial charge in [-0.05, 0) is 50.4 Å². The molecule has 2 N–H and O–H groups in total. The first-order valence-electron chi connectivity index (χ1n) is 7.54. The summed E-state index contributed by atoms with van der Waals surface area (Å²) in [6.45, 7) is 3.37. The zero-order valence-electron chi connectivity index (χ0n) is 12.3. The van der Waals surface area contributed by atoms with E-state index in [-0.39, 0.29) is 11.9 Å². The van der Waals surface area contributed by atoms with Crippen molar-refractivity contribution in [3.05, 3.63) is 33.3 Å². The molecule has 0 saturated heterocycles. The van der Waals surface area contributed by atoms with Crippen molar-refractivity contribution < 1.29 is 4.79 Å². The largest absolute Gasteiger partial charge is 0.336 e. The molecule has 1 fully saturated rings. The van der Waals surface area contributed by atoms with Crippen molar-refractivity contribution in [1.29, 1.82) is 0 Å². The van der Waals surface area contributed by atoms with Crippen LogP contribution in [-0.4, -0.2) is 29.9 Å². The Morgan fingerprint density at radius 1 is 1.38 bits per heavy atom. The molecule has 116 valence electrons. The van der Waals surface area contributed by atoms with Crippen molar-refractivity contribution in [3.63, 3.8) is 0 Å². The molecule has 3 nitrogen and oxygen atoms in total. The third kappa shape index (κ3) is 3.99. The molecule has 0 heterocycles. The normalized spacial score (nSPS) is 22.1. The molecule has 0 spiro atoms. The molecule has 0 aromatic heterocycles. The van der Waals surface area contributed by atoms with Crippen molar-refractivity contribution in [2.45, 2.75) is 38.6 Å². The quantitative estimate of drug-likeness (QED) is 0.864. The number of rotatable bonds is 4. The van der Waals surface area contributed by atoms with Crippen LogP contribution in [0.1, 0.15) is 43.0 Å². The summed E-state index contributed by atoms with van der Waals surface area (Å²) in [6, 6.07) is 5.60. The van der Waals surface area contributed by atoms with E-state index in [0.717, 1.165) is 17.3 Å². The van der Waals surface area contributed by atoms with E-state index in [0.29, 0.717) is 29.6 Å². The van der Waals surface area contributed by atoms with E-state index in [1.54, 1.807) is 12.1 Å². The number of halogens is 2. The van der Waals surface area contributed by atoms with Crippen LogP contribution in [0.4, 0.5) is 0 Å². The van der Waals surface area contributed by atoms with Crippen LogP contribution in [0, 0.1) is 5.92 Å². The highest BCUT2D eigenvalue weighted by atomic mass is 79.9. The van der Waals surface area contributed by atoms with Crippen molar-refractivity contribution in [2.24, 2.45) is 11.7 Å². The molecule has 0 bridgehead atoms. The fraction of sp³-hybridized carbons (Fsp3) is 0.562. The minimum absolute atomic E-state index is 0.0473. The van der Waals surface area contributed by atoms with Gasteiger partial charge in [0.15, 0.2) is 0 Å². The van der Waals surface area contributed by atoms with Crippen molar-refractivity contribution in [1.82, 2.24) is 4.90 Å². The zero-order chi connectivity index (χ0) is 15.4. The number of nitrogens with two attached hydrogens (primary N) is 1. The summed E-state index contributed by atoms with van der Waals surface area (Å²) in [5, 5.41) is 0.572. The number of benzene rings is 1. The number of hydrogen-bond donors (Lipinski definition) is 1. The minimum atomic E-state index is 0.0473. The predicted molar refractivity (Wildman–Crippen MR) is 90.7 cm³/mol. The highest BCUT2D eigenvalue weighted by Gasteiger charge is 2.31. The average molecular weight is 374 g/mol. The van der Waals surface area contributed by atoms with Crippen LogP contribution in [-0.2, 0) is 0 Å². The van der Waals surface area contributed by atoms with Gasteiger partial charge < -0.3 is 10.6 Å². The molecule has 5 heteroatoms. The lowest BCUT2D eigenvalue weighted by Crippen LogP contribution is -2.48. The Morgan fingerprint density at radius 2 is 2.10 bits per heavy atom. The van der Waals surface area contributed by atoms with E-state index in [2.05, 4.69) is 15.9 Å². The van der Waals surface area contributed by atoms with Crippen LogP contribution < -0.4 is 5.73 Å². The van der Waals surface area contributed by atoms with Crippen LogP contribution >= 0.6 is 27.5 Å². The Labute approximate surface area is 140 Å². The summed E-state index contributed by atoms with van der Waals surface area (Å²) >= 11 is 9.46. The molecule has 1 aromatic carbocycles. The summed E-state index contributed by atoms with van der Waals surface area (Å²) in [5.41, 5.74) is 6.54. The molecule has 1 aromatic rings. The van der Waals surface area contributed by atoms with E-state index in [9.17, 15) is 4.79 Å². The first-order chi connectivity index (χ1) is 10.1. The molecule has 21 heavy (non-hydrogen) atoms. The summed E-state index contributed by atoms with van der Waals surface area (Å²) in [6.07, 6.45) is 4.55. The number of nitrogens with zero attached hydrogens (tertiary/aromatic N) is 1. The van der Waals surface area contributed by atoms with Gasteiger partial charge in [0.1, 0.15) is 0 Å². The Balaban J connectivity index is 2.25. The minimum Gasteiger partial charge on any atom is -0.336 e. The number of carbonyl (C=O) groups is 1. The van der Waals surface area contributed by atoms with Gasteiger partial charge in [-0.1, -0.05) is 40.4 Å². The van der Waals surface area contributed by atoms with Gasteiger partial charge in [0, 0.05) is 27.6 Å². The molecular formula is C16H22BrClN2O. The molecule has 1 aliphatic carbocycles. The number of carbonyl (C=O) groups excluding carboxylic acids is 1. The van der Waals surface area contributed by atoms with Crippen molar-refractivity contribution in [2.75, 3.05) is 13.1 Å². The molecule has 2 atom stereocenters. The van der Waals surface area contributed by atoms with E-state index in [1.807, 2.05) is 17.9 Å². The lowest BCUT2D eigenvalue weighted by molar-refractivity contribution is 0.0560. The number of hydrogen-bond acceptors (Lipinski definition) is 2. The maximum Gasteiger partial charge on any atom is 0.254 e. The second-order valence-corrected chi connectivity index (χ2v) is 6.95. The molecule has 0 radical (unpaired) electrons. The lowest BCUT2D eigenvalue weighted by Gasteiger charge is -2.39. The average Bonchev–Trinajstić information content (AvgIpc) is 2.47. The van der Waals surface area contributed by atoms with Gasteiger partial charge in [-0.3, -0.25) is 4.79 Å². The molecule has 1 aliphatic rings. The van der Waals surface area contributed by atoms with Crippen LogP contribution in [0.25, 0.3) is 0 Å². The van der Waals surface area contributed by atoms with Gasteiger partial charge in [0.2, 0.25) is 0 Å². The fourth-order valence-corrected chi connectivity index (χ4v) is 4.11. The van der Waals surface area contributed by atoms with Crippen LogP contribution in [0.15, 0.2) is 22.7 Å². The van der Waals surface area contributed by atoms with E-state index in [1.165, 1.54) is 12.8 Å². The van der Waals surface area contributed by atoms with Gasteiger partial charge in [0.25, 0.3) is 5.91 Å². The monoisotopic (exact) mass is 372 g/mol. The Bertz CT molecular complexity index is 489. The lowest BCUT2D eigenvalue weighted by atomic mass is 9.83. The molecule has 1 amide bonds. The predicted octanol–water partition coefficient (Wildman–Crippen LogP) is 4.08. The van der Waals surface area contributed by atoms with E-state index in [4.69, 9.17) is 17.3 Å². The first kappa shape index (κ1) is 16.8. The molecular weight excluding hydrogens is 352 g/mol. The second-order valence-electron chi connectivity index (χ2n) is 5.60. The van der Waals surface area contributed by atoms with Crippen LogP contribution in [0.3, 0.4) is 0 Å². The zero-order valence-corrected chi connectivity index (χ0v) is 14.7. The van der Waals surface area contributed by atoms with E-state index >= 15 is 0 Å². The summed E-state index contributed by atoms with van der Waals surface area (Å²) in [5.74, 6) is 0.455. The SMILES string of the molecule is CCN(C(=O)c1cc(Cl)cc(Br)c1)C1CCCCC1CN. The summed E-state index contributed by atoms with van der Waals surface area (Å²) in [7, 11) is 0. The maximum atomic E-state index is 12.8. The maximum absolute atomic E-state index is 12.8. The highest BCUT2D eigenvalue weighted by Crippen LogP contribution is 2.29. The molecule has 0 aliphatic heterocycles. The third-order valence-electron chi connectivity index (χ3n) is 4.28. The Hall–Kier alpha value is -0.580. The topological polar surface area (TPSA) is 46.3 Å².